The molecular weight excluding hydrogens is 303 g/mol. The standard InChI is InChI=1S/C11H9F5N2O3/c12-6-2-3-7(18(20)21)9(13)8(6)10(19)17-5-1-4-11(14,15)16/h2-3H,1,4-5H2,(H,17,19). The van der Waals surface area contributed by atoms with Gasteiger partial charge >= 0.3 is 11.9 Å². The molecule has 116 valence electrons. The van der Waals surface area contributed by atoms with Crippen molar-refractivity contribution in [1.82, 2.24) is 5.32 Å². The van der Waals surface area contributed by atoms with Crippen molar-refractivity contribution >= 4 is 11.6 Å². The second-order valence-corrected chi connectivity index (χ2v) is 3.99. The quantitative estimate of drug-likeness (QED) is 0.393. The molecule has 1 aromatic carbocycles. The van der Waals surface area contributed by atoms with E-state index in [-0.39, 0.29) is 0 Å². The lowest BCUT2D eigenvalue weighted by Crippen LogP contribution is -2.27. The lowest BCUT2D eigenvalue weighted by Gasteiger charge is -2.08. The molecular formula is C11H9F5N2O3. The van der Waals surface area contributed by atoms with Gasteiger partial charge in [0.05, 0.1) is 4.92 Å². The summed E-state index contributed by atoms with van der Waals surface area (Å²) in [5, 5.41) is 12.3. The highest BCUT2D eigenvalue weighted by Crippen LogP contribution is 2.23. The Hall–Kier alpha value is -2.26. The molecule has 0 aliphatic rings. The highest BCUT2D eigenvalue weighted by atomic mass is 19.4. The summed E-state index contributed by atoms with van der Waals surface area (Å²) < 4.78 is 62.5. The van der Waals surface area contributed by atoms with Crippen LogP contribution < -0.4 is 5.32 Å². The molecule has 0 fully saturated rings. The molecule has 21 heavy (non-hydrogen) atoms. The topological polar surface area (TPSA) is 72.2 Å². The maximum absolute atomic E-state index is 13.6. The summed E-state index contributed by atoms with van der Waals surface area (Å²) in [7, 11) is 0. The number of nitro groups is 1. The fourth-order valence-corrected chi connectivity index (χ4v) is 1.47. The lowest BCUT2D eigenvalue weighted by atomic mass is 10.1. The maximum Gasteiger partial charge on any atom is 0.389 e. The zero-order valence-electron chi connectivity index (χ0n) is 10.3. The summed E-state index contributed by atoms with van der Waals surface area (Å²) >= 11 is 0. The molecule has 0 atom stereocenters. The molecule has 0 heterocycles. The summed E-state index contributed by atoms with van der Waals surface area (Å²) in [5.41, 5.74) is -2.30. The number of hydrogen-bond donors (Lipinski definition) is 1. The Morgan fingerprint density at radius 1 is 1.29 bits per heavy atom. The Morgan fingerprint density at radius 2 is 1.90 bits per heavy atom. The molecule has 5 nitrogen and oxygen atoms in total. The molecule has 0 saturated carbocycles. The van der Waals surface area contributed by atoms with E-state index in [1.54, 1.807) is 0 Å². The summed E-state index contributed by atoms with van der Waals surface area (Å²) in [6.45, 7) is -0.472. The first-order valence-corrected chi connectivity index (χ1v) is 5.61. The highest BCUT2D eigenvalue weighted by Gasteiger charge is 2.28. The van der Waals surface area contributed by atoms with E-state index < -0.39 is 59.3 Å². The zero-order chi connectivity index (χ0) is 16.2. The van der Waals surface area contributed by atoms with Crippen LogP contribution in [0.25, 0.3) is 0 Å². The molecule has 1 rings (SSSR count). The van der Waals surface area contributed by atoms with E-state index in [9.17, 15) is 36.9 Å². The van der Waals surface area contributed by atoms with Gasteiger partial charge in [-0.15, -0.1) is 0 Å². The van der Waals surface area contributed by atoms with E-state index in [4.69, 9.17) is 0 Å². The number of hydrogen-bond acceptors (Lipinski definition) is 3. The van der Waals surface area contributed by atoms with Crippen LogP contribution in [0.4, 0.5) is 27.6 Å². The first-order valence-electron chi connectivity index (χ1n) is 5.61. The largest absolute Gasteiger partial charge is 0.389 e. The number of benzene rings is 1. The minimum Gasteiger partial charge on any atom is -0.352 e. The highest BCUT2D eigenvalue weighted by molar-refractivity contribution is 5.95. The van der Waals surface area contributed by atoms with Crippen molar-refractivity contribution in [2.75, 3.05) is 6.54 Å². The van der Waals surface area contributed by atoms with Crippen molar-refractivity contribution in [2.24, 2.45) is 0 Å². The van der Waals surface area contributed by atoms with Crippen LogP contribution in [-0.2, 0) is 0 Å². The SMILES string of the molecule is O=C(NCCCC(F)(F)F)c1c(F)ccc([N+](=O)[O-])c1F. The third-order valence-corrected chi connectivity index (χ3v) is 2.42. The fourth-order valence-electron chi connectivity index (χ4n) is 1.47. The molecule has 0 radical (unpaired) electrons. The average Bonchev–Trinajstić information content (AvgIpc) is 2.33. The Balaban J connectivity index is 2.79. The van der Waals surface area contributed by atoms with E-state index >= 15 is 0 Å². The Labute approximate surface area is 114 Å². The first-order chi connectivity index (χ1) is 9.63. The Bertz CT molecular complexity index is 560. The van der Waals surface area contributed by atoms with Crippen molar-refractivity contribution in [2.45, 2.75) is 19.0 Å². The van der Waals surface area contributed by atoms with Gasteiger partial charge in [0.2, 0.25) is 5.82 Å². The van der Waals surface area contributed by atoms with Gasteiger partial charge < -0.3 is 5.32 Å². The van der Waals surface area contributed by atoms with Gasteiger partial charge in [-0.05, 0) is 12.5 Å². The smallest absolute Gasteiger partial charge is 0.352 e. The summed E-state index contributed by atoms with van der Waals surface area (Å²) in [5.74, 6) is -4.37. The number of amides is 1. The van der Waals surface area contributed by atoms with Gasteiger partial charge in [-0.25, -0.2) is 4.39 Å². The molecule has 0 unspecified atom stereocenters. The number of nitrogens with zero attached hydrogens (tertiary/aromatic N) is 1. The van der Waals surface area contributed by atoms with E-state index in [1.165, 1.54) is 0 Å². The van der Waals surface area contributed by atoms with Gasteiger partial charge in [0.25, 0.3) is 5.91 Å². The van der Waals surface area contributed by atoms with Crippen LogP contribution in [-0.4, -0.2) is 23.6 Å². The van der Waals surface area contributed by atoms with Crippen LogP contribution in [0.1, 0.15) is 23.2 Å². The van der Waals surface area contributed by atoms with Gasteiger partial charge in [0.1, 0.15) is 11.4 Å². The summed E-state index contributed by atoms with van der Waals surface area (Å²) in [4.78, 5) is 20.8. The third-order valence-electron chi connectivity index (χ3n) is 2.42. The van der Waals surface area contributed by atoms with Crippen LogP contribution in [0.5, 0.6) is 0 Å². The number of halogens is 5. The molecule has 0 saturated heterocycles. The number of nitro benzene ring substituents is 1. The van der Waals surface area contributed by atoms with E-state index in [1.807, 2.05) is 5.32 Å². The van der Waals surface area contributed by atoms with Gasteiger partial charge in [0.15, 0.2) is 0 Å². The van der Waals surface area contributed by atoms with Crippen molar-refractivity contribution < 1.29 is 31.7 Å². The number of rotatable bonds is 5. The van der Waals surface area contributed by atoms with Crippen molar-refractivity contribution in [3.05, 3.63) is 39.4 Å². The number of carbonyl (C=O) groups is 1. The minimum atomic E-state index is -4.41. The molecule has 0 aliphatic heterocycles. The molecule has 1 amide bonds. The second-order valence-electron chi connectivity index (χ2n) is 3.99. The summed E-state index contributed by atoms with van der Waals surface area (Å²) in [6.07, 6.45) is -6.06. The minimum absolute atomic E-state index is 0.472. The van der Waals surface area contributed by atoms with Crippen molar-refractivity contribution in [1.29, 1.82) is 0 Å². The monoisotopic (exact) mass is 312 g/mol. The molecule has 1 N–H and O–H groups in total. The molecule has 0 spiro atoms. The molecule has 0 bridgehead atoms. The summed E-state index contributed by atoms with van der Waals surface area (Å²) in [6, 6.07) is 1.08. The lowest BCUT2D eigenvalue weighted by molar-refractivity contribution is -0.387. The third kappa shape index (κ3) is 4.65. The van der Waals surface area contributed by atoms with E-state index in [0.29, 0.717) is 12.1 Å². The molecule has 1 aromatic rings. The van der Waals surface area contributed by atoms with Gasteiger partial charge in [-0.3, -0.25) is 14.9 Å². The van der Waals surface area contributed by atoms with Gasteiger partial charge in [-0.1, -0.05) is 0 Å². The van der Waals surface area contributed by atoms with Crippen LogP contribution in [0, 0.1) is 21.7 Å². The molecule has 0 aromatic heterocycles. The normalized spacial score (nSPS) is 11.3. The van der Waals surface area contributed by atoms with Crippen molar-refractivity contribution in [3.63, 3.8) is 0 Å². The Kier molecular flexibility index (Phi) is 5.17. The van der Waals surface area contributed by atoms with E-state index in [0.717, 1.165) is 0 Å². The predicted octanol–water partition coefficient (Wildman–Crippen LogP) is 2.95. The first kappa shape index (κ1) is 16.8. The fraction of sp³-hybridized carbons (Fsp3) is 0.364. The van der Waals surface area contributed by atoms with Gasteiger partial charge in [0, 0.05) is 19.0 Å². The van der Waals surface area contributed by atoms with E-state index in [2.05, 4.69) is 0 Å². The predicted molar refractivity (Wildman–Crippen MR) is 60.6 cm³/mol. The van der Waals surface area contributed by atoms with Gasteiger partial charge in [-0.2, -0.15) is 17.6 Å². The maximum atomic E-state index is 13.6. The number of alkyl halides is 3. The number of nitrogens with one attached hydrogen (secondary N) is 1. The van der Waals surface area contributed by atoms with Crippen LogP contribution in [0.15, 0.2) is 12.1 Å². The molecule has 0 aliphatic carbocycles. The van der Waals surface area contributed by atoms with Crippen molar-refractivity contribution in [3.8, 4) is 0 Å². The average molecular weight is 312 g/mol. The van der Waals surface area contributed by atoms with Crippen LogP contribution >= 0.6 is 0 Å². The zero-order valence-corrected chi connectivity index (χ0v) is 10.3. The van der Waals surface area contributed by atoms with Crippen LogP contribution in [0.2, 0.25) is 0 Å². The number of carbonyl (C=O) groups excluding carboxylic acids is 1. The van der Waals surface area contributed by atoms with Crippen LogP contribution in [0.3, 0.4) is 0 Å². The molecule has 10 heteroatoms. The Morgan fingerprint density at radius 3 is 2.43 bits per heavy atom. The second kappa shape index (κ2) is 6.46.